The van der Waals surface area contributed by atoms with E-state index in [1.807, 2.05) is 26.2 Å². The molecule has 1 aromatic heterocycles. The highest BCUT2D eigenvalue weighted by Crippen LogP contribution is 2.22. The van der Waals surface area contributed by atoms with Crippen LogP contribution in [0.25, 0.3) is 0 Å². The van der Waals surface area contributed by atoms with E-state index < -0.39 is 0 Å². The number of nitrogens with zero attached hydrogens (tertiary/aromatic N) is 3. The van der Waals surface area contributed by atoms with Crippen LogP contribution in [0.2, 0.25) is 0 Å². The van der Waals surface area contributed by atoms with Crippen molar-refractivity contribution >= 4 is 5.69 Å². The number of aryl methyl sites for hydroxylation is 1. The molecule has 0 bridgehead atoms. The molecule has 0 saturated heterocycles. The molecule has 0 aliphatic carbocycles. The highest BCUT2D eigenvalue weighted by Gasteiger charge is 2.12. The number of benzene rings is 1. The van der Waals surface area contributed by atoms with Crippen LogP contribution in [0.5, 0.6) is 0 Å². The van der Waals surface area contributed by atoms with E-state index in [9.17, 15) is 4.39 Å². The summed E-state index contributed by atoms with van der Waals surface area (Å²) in [4.78, 5) is 0. The van der Waals surface area contributed by atoms with Gasteiger partial charge in [-0.2, -0.15) is 10.4 Å². The topological polar surface area (TPSA) is 53.6 Å². The zero-order chi connectivity index (χ0) is 13.1. The van der Waals surface area contributed by atoms with Crippen LogP contribution >= 0.6 is 0 Å². The first-order chi connectivity index (χ1) is 8.60. The van der Waals surface area contributed by atoms with Crippen LogP contribution in [0.15, 0.2) is 30.6 Å². The quantitative estimate of drug-likeness (QED) is 0.902. The number of halogens is 1. The molecule has 0 amide bonds. The average Bonchev–Trinajstić information content (AvgIpc) is 2.74. The van der Waals surface area contributed by atoms with Crippen molar-refractivity contribution in [1.29, 1.82) is 5.26 Å². The van der Waals surface area contributed by atoms with Crippen molar-refractivity contribution in [2.24, 2.45) is 7.05 Å². The van der Waals surface area contributed by atoms with Gasteiger partial charge in [-0.05, 0) is 19.1 Å². The van der Waals surface area contributed by atoms with Gasteiger partial charge in [0.05, 0.1) is 29.6 Å². The van der Waals surface area contributed by atoms with Gasteiger partial charge < -0.3 is 5.32 Å². The monoisotopic (exact) mass is 244 g/mol. The zero-order valence-electron chi connectivity index (χ0n) is 10.2. The zero-order valence-corrected chi connectivity index (χ0v) is 10.2. The van der Waals surface area contributed by atoms with Gasteiger partial charge in [-0.3, -0.25) is 4.68 Å². The predicted octanol–water partition coefficient (Wildman–Crippen LogP) is 2.60. The van der Waals surface area contributed by atoms with Gasteiger partial charge in [-0.15, -0.1) is 0 Å². The molecule has 1 heterocycles. The Kier molecular flexibility index (Phi) is 3.28. The number of rotatable bonds is 3. The number of hydrogen-bond donors (Lipinski definition) is 1. The summed E-state index contributed by atoms with van der Waals surface area (Å²) in [6.45, 7) is 1.86. The highest BCUT2D eigenvalue weighted by atomic mass is 19.1. The normalized spacial score (nSPS) is 11.9. The molecule has 5 heteroatoms. The molecule has 0 radical (unpaired) electrons. The second-order valence-electron chi connectivity index (χ2n) is 4.12. The van der Waals surface area contributed by atoms with Crippen LogP contribution in [-0.4, -0.2) is 9.78 Å². The molecule has 2 rings (SSSR count). The molecule has 92 valence electrons. The molecule has 0 saturated carbocycles. The standard InChI is InChI=1S/C13H13FN4/c1-9(17-11-7-16-18(2)8-11)12-4-3-10(6-15)5-13(12)14/h3-5,7-9,17H,1-2H3/t9-/m1/s1. The van der Waals surface area contributed by atoms with Crippen molar-refractivity contribution < 1.29 is 4.39 Å². The maximum Gasteiger partial charge on any atom is 0.129 e. The van der Waals surface area contributed by atoms with Crippen molar-refractivity contribution in [3.8, 4) is 6.07 Å². The Hall–Kier alpha value is -2.35. The number of nitriles is 1. The summed E-state index contributed by atoms with van der Waals surface area (Å²) in [5.41, 5.74) is 1.68. The van der Waals surface area contributed by atoms with Crippen molar-refractivity contribution in [3.63, 3.8) is 0 Å². The summed E-state index contributed by atoms with van der Waals surface area (Å²) in [5.74, 6) is -0.377. The van der Waals surface area contributed by atoms with Gasteiger partial charge in [0.1, 0.15) is 5.82 Å². The fourth-order valence-corrected chi connectivity index (χ4v) is 1.77. The van der Waals surface area contributed by atoms with Crippen molar-refractivity contribution in [2.75, 3.05) is 5.32 Å². The van der Waals surface area contributed by atoms with Crippen LogP contribution in [-0.2, 0) is 7.05 Å². The van der Waals surface area contributed by atoms with E-state index >= 15 is 0 Å². The molecule has 0 aliphatic rings. The van der Waals surface area contributed by atoms with Gasteiger partial charge in [0.25, 0.3) is 0 Å². The molecule has 1 aromatic carbocycles. The molecule has 18 heavy (non-hydrogen) atoms. The van der Waals surface area contributed by atoms with Gasteiger partial charge in [0.2, 0.25) is 0 Å². The SMILES string of the molecule is C[C@@H](Nc1cnn(C)c1)c1ccc(C#N)cc1F. The largest absolute Gasteiger partial charge is 0.376 e. The Labute approximate surface area is 105 Å². The van der Waals surface area contributed by atoms with E-state index in [1.54, 1.807) is 23.0 Å². The fourth-order valence-electron chi connectivity index (χ4n) is 1.77. The van der Waals surface area contributed by atoms with E-state index in [2.05, 4.69) is 10.4 Å². The van der Waals surface area contributed by atoms with Gasteiger partial charge >= 0.3 is 0 Å². The van der Waals surface area contributed by atoms with E-state index in [0.29, 0.717) is 11.1 Å². The minimum atomic E-state index is -0.377. The summed E-state index contributed by atoms with van der Waals surface area (Å²) < 4.78 is 15.5. The fraction of sp³-hybridized carbons (Fsp3) is 0.231. The van der Waals surface area contributed by atoms with Crippen molar-refractivity contribution in [1.82, 2.24) is 9.78 Å². The Balaban J connectivity index is 2.19. The molecular weight excluding hydrogens is 231 g/mol. The maximum atomic E-state index is 13.8. The van der Waals surface area contributed by atoms with Gasteiger partial charge in [0, 0.05) is 18.8 Å². The van der Waals surface area contributed by atoms with Crippen LogP contribution in [0.1, 0.15) is 24.1 Å². The van der Waals surface area contributed by atoms with E-state index in [4.69, 9.17) is 5.26 Å². The minimum Gasteiger partial charge on any atom is -0.376 e. The Bertz CT molecular complexity index is 597. The molecule has 2 aromatic rings. The first-order valence-electron chi connectivity index (χ1n) is 5.55. The smallest absolute Gasteiger partial charge is 0.129 e. The summed E-state index contributed by atoms with van der Waals surface area (Å²) in [6, 6.07) is 6.21. The van der Waals surface area contributed by atoms with Crippen LogP contribution in [0, 0.1) is 17.1 Å². The molecule has 0 fully saturated rings. The summed E-state index contributed by atoms with van der Waals surface area (Å²) in [7, 11) is 1.82. The molecule has 1 N–H and O–H groups in total. The first-order valence-corrected chi connectivity index (χ1v) is 5.55. The maximum absolute atomic E-state index is 13.8. The van der Waals surface area contributed by atoms with Crippen LogP contribution in [0.4, 0.5) is 10.1 Å². The third-order valence-electron chi connectivity index (χ3n) is 2.68. The molecular formula is C13H13FN4. The van der Waals surface area contributed by atoms with Crippen molar-refractivity contribution in [3.05, 3.63) is 47.5 Å². The van der Waals surface area contributed by atoms with Crippen LogP contribution < -0.4 is 5.32 Å². The minimum absolute atomic E-state index is 0.193. The third kappa shape index (κ3) is 2.48. The van der Waals surface area contributed by atoms with Gasteiger partial charge in [0.15, 0.2) is 0 Å². The molecule has 0 spiro atoms. The van der Waals surface area contributed by atoms with E-state index in [-0.39, 0.29) is 11.9 Å². The lowest BCUT2D eigenvalue weighted by atomic mass is 10.1. The third-order valence-corrected chi connectivity index (χ3v) is 2.68. The number of nitrogens with one attached hydrogen (secondary N) is 1. The lowest BCUT2D eigenvalue weighted by molar-refractivity contribution is 0.600. The Morgan fingerprint density at radius 3 is 2.83 bits per heavy atom. The summed E-state index contributed by atoms with van der Waals surface area (Å²) >= 11 is 0. The molecule has 4 nitrogen and oxygen atoms in total. The molecule has 0 unspecified atom stereocenters. The predicted molar refractivity (Wildman–Crippen MR) is 66.4 cm³/mol. The number of anilines is 1. The van der Waals surface area contributed by atoms with Gasteiger partial charge in [-0.1, -0.05) is 6.07 Å². The number of aromatic nitrogens is 2. The first kappa shape index (κ1) is 12.1. The Morgan fingerprint density at radius 1 is 1.50 bits per heavy atom. The lowest BCUT2D eigenvalue weighted by Crippen LogP contribution is -2.08. The van der Waals surface area contributed by atoms with E-state index in [0.717, 1.165) is 5.69 Å². The second kappa shape index (κ2) is 4.88. The van der Waals surface area contributed by atoms with Crippen molar-refractivity contribution in [2.45, 2.75) is 13.0 Å². The van der Waals surface area contributed by atoms with Crippen LogP contribution in [0.3, 0.4) is 0 Å². The molecule has 1 atom stereocenters. The van der Waals surface area contributed by atoms with Gasteiger partial charge in [-0.25, -0.2) is 4.39 Å². The number of hydrogen-bond acceptors (Lipinski definition) is 3. The summed E-state index contributed by atoms with van der Waals surface area (Å²) in [5, 5.41) is 15.9. The summed E-state index contributed by atoms with van der Waals surface area (Å²) in [6.07, 6.45) is 3.50. The lowest BCUT2D eigenvalue weighted by Gasteiger charge is -2.14. The average molecular weight is 244 g/mol. The highest BCUT2D eigenvalue weighted by molar-refractivity contribution is 5.43. The second-order valence-corrected chi connectivity index (χ2v) is 4.12. The molecule has 0 aliphatic heterocycles. The van der Waals surface area contributed by atoms with E-state index in [1.165, 1.54) is 6.07 Å². The Morgan fingerprint density at radius 2 is 2.28 bits per heavy atom.